The first-order chi connectivity index (χ1) is 8.26. The van der Waals surface area contributed by atoms with E-state index >= 15 is 0 Å². The first-order valence-electron chi connectivity index (χ1n) is 6.75. The summed E-state index contributed by atoms with van der Waals surface area (Å²) >= 11 is 6.20. The average Bonchev–Trinajstić information content (AvgIpc) is 2.81. The summed E-state index contributed by atoms with van der Waals surface area (Å²) in [6, 6.07) is 6.47. The molecule has 17 heavy (non-hydrogen) atoms. The monoisotopic (exact) mass is 249 g/mol. The lowest BCUT2D eigenvalue weighted by Crippen LogP contribution is -2.41. The highest BCUT2D eigenvalue weighted by Crippen LogP contribution is 2.52. The Morgan fingerprint density at radius 2 is 2.06 bits per heavy atom. The zero-order valence-corrected chi connectivity index (χ0v) is 11.0. The Kier molecular flexibility index (Phi) is 2.92. The van der Waals surface area contributed by atoms with Crippen LogP contribution in [0, 0.1) is 5.92 Å². The van der Waals surface area contributed by atoms with E-state index in [-0.39, 0.29) is 0 Å². The molecule has 0 heterocycles. The molecular weight excluding hydrogens is 230 g/mol. The van der Waals surface area contributed by atoms with Gasteiger partial charge in [-0.15, -0.1) is 0 Å². The summed E-state index contributed by atoms with van der Waals surface area (Å²) in [5.41, 5.74) is 9.41. The van der Waals surface area contributed by atoms with Gasteiger partial charge < -0.3 is 5.73 Å². The topological polar surface area (TPSA) is 26.0 Å². The Hall–Kier alpha value is -0.530. The third kappa shape index (κ3) is 1.71. The van der Waals surface area contributed by atoms with E-state index in [0.717, 1.165) is 11.6 Å². The molecule has 2 aliphatic rings. The summed E-state index contributed by atoms with van der Waals surface area (Å²) in [4.78, 5) is 0. The average molecular weight is 250 g/mol. The van der Waals surface area contributed by atoms with Crippen molar-refractivity contribution in [3.05, 3.63) is 34.3 Å². The summed E-state index contributed by atoms with van der Waals surface area (Å²) in [5.74, 6) is 0.663. The third-order valence-electron chi connectivity index (χ3n) is 4.93. The Morgan fingerprint density at radius 3 is 2.76 bits per heavy atom. The maximum Gasteiger partial charge on any atom is 0.0409 e. The quantitative estimate of drug-likeness (QED) is 0.808. The van der Waals surface area contributed by atoms with Gasteiger partial charge in [0.05, 0.1) is 0 Å². The van der Waals surface area contributed by atoms with Crippen molar-refractivity contribution in [3.63, 3.8) is 0 Å². The SMILES string of the molecule is NCC1CCc2ccc(Cl)cc2C12CCCC2. The number of hydrogen-bond acceptors (Lipinski definition) is 1. The minimum Gasteiger partial charge on any atom is -0.330 e. The van der Waals surface area contributed by atoms with E-state index in [1.807, 2.05) is 6.07 Å². The van der Waals surface area contributed by atoms with Gasteiger partial charge in [0.15, 0.2) is 0 Å². The van der Waals surface area contributed by atoms with Gasteiger partial charge in [-0.1, -0.05) is 30.5 Å². The van der Waals surface area contributed by atoms with Crippen LogP contribution in [0.3, 0.4) is 0 Å². The van der Waals surface area contributed by atoms with Gasteiger partial charge in [0.2, 0.25) is 0 Å². The zero-order valence-electron chi connectivity index (χ0n) is 10.2. The number of nitrogens with two attached hydrogens (primary N) is 1. The van der Waals surface area contributed by atoms with Gasteiger partial charge in [-0.3, -0.25) is 0 Å². The predicted octanol–water partition coefficient (Wildman–Crippen LogP) is 3.67. The number of halogens is 1. The lowest BCUT2D eigenvalue weighted by atomic mass is 9.62. The highest BCUT2D eigenvalue weighted by molar-refractivity contribution is 6.30. The molecule has 2 aliphatic carbocycles. The largest absolute Gasteiger partial charge is 0.330 e. The van der Waals surface area contributed by atoms with E-state index in [4.69, 9.17) is 17.3 Å². The second kappa shape index (κ2) is 4.29. The van der Waals surface area contributed by atoms with Crippen LogP contribution in [0.1, 0.15) is 43.2 Å². The van der Waals surface area contributed by atoms with Crippen LogP contribution in [0.5, 0.6) is 0 Å². The standard InChI is InChI=1S/C15H20ClN/c16-13-6-4-11-3-5-12(10-17)15(14(11)9-13)7-1-2-8-15/h4,6,9,12H,1-3,5,7-8,10,17H2. The van der Waals surface area contributed by atoms with Gasteiger partial charge in [0.25, 0.3) is 0 Å². The van der Waals surface area contributed by atoms with Crippen molar-refractivity contribution in [1.29, 1.82) is 0 Å². The molecule has 1 saturated carbocycles. The Balaban J connectivity index is 2.12. The Morgan fingerprint density at radius 1 is 1.29 bits per heavy atom. The molecule has 0 aliphatic heterocycles. The molecule has 92 valence electrons. The van der Waals surface area contributed by atoms with Crippen LogP contribution in [-0.2, 0) is 11.8 Å². The number of hydrogen-bond donors (Lipinski definition) is 1. The smallest absolute Gasteiger partial charge is 0.0409 e. The van der Waals surface area contributed by atoms with Crippen LogP contribution in [-0.4, -0.2) is 6.54 Å². The summed E-state index contributed by atoms with van der Waals surface area (Å²) < 4.78 is 0. The molecule has 1 atom stereocenters. The van der Waals surface area contributed by atoms with E-state index < -0.39 is 0 Å². The van der Waals surface area contributed by atoms with Crippen LogP contribution >= 0.6 is 11.6 Å². The molecule has 1 fully saturated rings. The van der Waals surface area contributed by atoms with Gasteiger partial charge in [-0.05, 0) is 66.8 Å². The van der Waals surface area contributed by atoms with Crippen molar-refractivity contribution >= 4 is 11.6 Å². The normalized spacial score (nSPS) is 26.1. The molecule has 0 bridgehead atoms. The van der Waals surface area contributed by atoms with Gasteiger partial charge in [0, 0.05) is 5.02 Å². The fourth-order valence-electron chi connectivity index (χ4n) is 4.08. The van der Waals surface area contributed by atoms with Crippen molar-refractivity contribution in [2.24, 2.45) is 11.7 Å². The lowest BCUT2D eigenvalue weighted by molar-refractivity contribution is 0.244. The Labute approximate surface area is 108 Å². The molecule has 0 radical (unpaired) electrons. The maximum absolute atomic E-state index is 6.20. The fourth-order valence-corrected chi connectivity index (χ4v) is 4.26. The molecule has 3 rings (SSSR count). The van der Waals surface area contributed by atoms with E-state index in [1.54, 1.807) is 0 Å². The minimum atomic E-state index is 0.354. The van der Waals surface area contributed by atoms with Gasteiger partial charge in [-0.2, -0.15) is 0 Å². The van der Waals surface area contributed by atoms with Crippen molar-refractivity contribution in [1.82, 2.24) is 0 Å². The maximum atomic E-state index is 6.20. The summed E-state index contributed by atoms with van der Waals surface area (Å²) in [6.45, 7) is 0.825. The molecule has 1 spiro atoms. The van der Waals surface area contributed by atoms with Crippen molar-refractivity contribution in [3.8, 4) is 0 Å². The lowest BCUT2D eigenvalue weighted by Gasteiger charge is -2.43. The van der Waals surface area contributed by atoms with Crippen molar-refractivity contribution in [2.45, 2.75) is 43.9 Å². The van der Waals surface area contributed by atoms with E-state index in [1.165, 1.54) is 49.7 Å². The van der Waals surface area contributed by atoms with Crippen LogP contribution in [0.4, 0.5) is 0 Å². The highest BCUT2D eigenvalue weighted by atomic mass is 35.5. The third-order valence-corrected chi connectivity index (χ3v) is 5.17. The number of fused-ring (bicyclic) bond motifs is 2. The summed E-state index contributed by atoms with van der Waals surface area (Å²) in [6.07, 6.45) is 7.75. The second-order valence-corrected chi connectivity index (χ2v) is 6.07. The van der Waals surface area contributed by atoms with E-state index in [9.17, 15) is 0 Å². The summed E-state index contributed by atoms with van der Waals surface area (Å²) in [5, 5.41) is 0.882. The second-order valence-electron chi connectivity index (χ2n) is 5.64. The molecule has 0 aromatic heterocycles. The number of rotatable bonds is 1. The fraction of sp³-hybridized carbons (Fsp3) is 0.600. The number of aryl methyl sites for hydroxylation is 1. The zero-order chi connectivity index (χ0) is 11.9. The molecule has 1 aromatic rings. The minimum absolute atomic E-state index is 0.354. The molecule has 0 saturated heterocycles. The molecule has 0 amide bonds. The van der Waals surface area contributed by atoms with E-state index in [0.29, 0.717) is 11.3 Å². The molecule has 2 heteroatoms. The van der Waals surface area contributed by atoms with Crippen LogP contribution in [0.25, 0.3) is 0 Å². The highest BCUT2D eigenvalue weighted by Gasteiger charge is 2.45. The first-order valence-corrected chi connectivity index (χ1v) is 7.13. The molecular formula is C15H20ClN. The van der Waals surface area contributed by atoms with Gasteiger partial charge >= 0.3 is 0 Å². The van der Waals surface area contributed by atoms with Crippen LogP contribution < -0.4 is 5.73 Å². The molecule has 1 nitrogen and oxygen atoms in total. The molecule has 2 N–H and O–H groups in total. The Bertz CT molecular complexity index is 421. The van der Waals surface area contributed by atoms with Gasteiger partial charge in [0.1, 0.15) is 0 Å². The summed E-state index contributed by atoms with van der Waals surface area (Å²) in [7, 11) is 0. The van der Waals surface area contributed by atoms with Crippen molar-refractivity contribution < 1.29 is 0 Å². The molecule has 1 unspecified atom stereocenters. The van der Waals surface area contributed by atoms with Gasteiger partial charge in [-0.25, -0.2) is 0 Å². The van der Waals surface area contributed by atoms with E-state index in [2.05, 4.69) is 12.1 Å². The number of benzene rings is 1. The van der Waals surface area contributed by atoms with Crippen LogP contribution in [0.2, 0.25) is 5.02 Å². The molecule has 1 aromatic carbocycles. The van der Waals surface area contributed by atoms with Crippen LogP contribution in [0.15, 0.2) is 18.2 Å². The van der Waals surface area contributed by atoms with Crippen molar-refractivity contribution in [2.75, 3.05) is 6.54 Å². The predicted molar refractivity (Wildman–Crippen MR) is 72.5 cm³/mol. The first kappa shape index (κ1) is 11.6.